The Kier molecular flexibility index (Phi) is 5.38. The molecule has 0 bridgehead atoms. The molecule has 0 amide bonds. The SMILES string of the molecule is COc1cc(-c2c(F)c(F)c(F)c(F)c2-c2ccccc2S(N)(=O)=O)ccc1C. The van der Waals surface area contributed by atoms with E-state index in [4.69, 9.17) is 9.88 Å². The van der Waals surface area contributed by atoms with Crippen LogP contribution in [-0.2, 0) is 10.0 Å². The van der Waals surface area contributed by atoms with Crippen LogP contribution in [-0.4, -0.2) is 15.5 Å². The second-order valence-corrected chi connectivity index (χ2v) is 7.76. The van der Waals surface area contributed by atoms with Gasteiger partial charge in [0.2, 0.25) is 10.0 Å². The van der Waals surface area contributed by atoms with Crippen LogP contribution in [0.4, 0.5) is 17.6 Å². The molecule has 4 nitrogen and oxygen atoms in total. The molecule has 2 N–H and O–H groups in total. The number of ether oxygens (including phenoxy) is 1. The van der Waals surface area contributed by atoms with Crippen LogP contribution in [0.5, 0.6) is 5.75 Å². The minimum Gasteiger partial charge on any atom is -0.496 e. The standard InChI is InChI=1S/C20H15F4NO3S/c1-10-7-8-11(9-13(10)28-2)15-16(18(22)20(24)19(23)17(15)21)12-5-3-4-6-14(12)29(25,26)27/h3-9H,1-2H3,(H2,25,26,27). The second-order valence-electron chi connectivity index (χ2n) is 6.23. The van der Waals surface area contributed by atoms with E-state index < -0.39 is 54.9 Å². The summed E-state index contributed by atoms with van der Waals surface area (Å²) in [7, 11) is -3.03. The lowest BCUT2D eigenvalue weighted by Crippen LogP contribution is -2.14. The largest absolute Gasteiger partial charge is 0.496 e. The van der Waals surface area contributed by atoms with Crippen molar-refractivity contribution in [1.29, 1.82) is 0 Å². The van der Waals surface area contributed by atoms with Crippen molar-refractivity contribution in [2.24, 2.45) is 5.14 Å². The van der Waals surface area contributed by atoms with Crippen LogP contribution in [0.25, 0.3) is 22.3 Å². The normalized spacial score (nSPS) is 11.6. The molecule has 0 aromatic heterocycles. The molecule has 0 radical (unpaired) electrons. The van der Waals surface area contributed by atoms with Crippen LogP contribution < -0.4 is 9.88 Å². The van der Waals surface area contributed by atoms with Gasteiger partial charge >= 0.3 is 0 Å². The van der Waals surface area contributed by atoms with Gasteiger partial charge < -0.3 is 4.74 Å². The number of benzene rings is 3. The number of rotatable bonds is 4. The van der Waals surface area contributed by atoms with Crippen molar-refractivity contribution >= 4 is 10.0 Å². The van der Waals surface area contributed by atoms with Crippen molar-refractivity contribution in [2.45, 2.75) is 11.8 Å². The van der Waals surface area contributed by atoms with Crippen LogP contribution in [0.2, 0.25) is 0 Å². The predicted octanol–water partition coefficient (Wildman–Crippen LogP) is 4.54. The molecule has 0 saturated heterocycles. The van der Waals surface area contributed by atoms with Gasteiger partial charge in [0.1, 0.15) is 5.75 Å². The molecule has 0 aliphatic rings. The molecule has 0 atom stereocenters. The summed E-state index contributed by atoms with van der Waals surface area (Å²) >= 11 is 0. The molecular formula is C20H15F4NO3S. The van der Waals surface area contributed by atoms with Crippen molar-refractivity contribution in [3.63, 3.8) is 0 Å². The topological polar surface area (TPSA) is 69.4 Å². The van der Waals surface area contributed by atoms with E-state index in [-0.39, 0.29) is 11.3 Å². The minimum atomic E-state index is -4.38. The Labute approximate surface area is 164 Å². The number of primary sulfonamides is 1. The monoisotopic (exact) mass is 425 g/mol. The lowest BCUT2D eigenvalue weighted by Gasteiger charge is -2.17. The predicted molar refractivity (Wildman–Crippen MR) is 99.8 cm³/mol. The molecule has 0 spiro atoms. The summed E-state index contributed by atoms with van der Waals surface area (Å²) < 4.78 is 86.9. The number of nitrogens with two attached hydrogens (primary N) is 1. The maximum Gasteiger partial charge on any atom is 0.238 e. The van der Waals surface area contributed by atoms with Crippen molar-refractivity contribution < 1.29 is 30.7 Å². The zero-order valence-electron chi connectivity index (χ0n) is 15.3. The fourth-order valence-corrected chi connectivity index (χ4v) is 3.80. The van der Waals surface area contributed by atoms with Crippen molar-refractivity contribution in [3.05, 3.63) is 71.3 Å². The first-order valence-electron chi connectivity index (χ1n) is 8.21. The van der Waals surface area contributed by atoms with Gasteiger partial charge in [0.25, 0.3) is 0 Å². The number of halogens is 4. The van der Waals surface area contributed by atoms with Gasteiger partial charge in [-0.3, -0.25) is 0 Å². The fourth-order valence-electron chi connectivity index (χ4n) is 3.05. The Morgan fingerprint density at radius 3 is 2.03 bits per heavy atom. The van der Waals surface area contributed by atoms with Crippen LogP contribution in [0.1, 0.15) is 5.56 Å². The fraction of sp³-hybridized carbons (Fsp3) is 0.100. The maximum atomic E-state index is 14.9. The molecule has 0 unspecified atom stereocenters. The number of hydrogen-bond donors (Lipinski definition) is 1. The highest BCUT2D eigenvalue weighted by Crippen LogP contribution is 2.42. The average Bonchev–Trinajstić information content (AvgIpc) is 2.69. The summed E-state index contributed by atoms with van der Waals surface area (Å²) in [5.74, 6) is -7.21. The van der Waals surface area contributed by atoms with E-state index in [1.54, 1.807) is 6.92 Å². The molecule has 3 aromatic rings. The third kappa shape index (κ3) is 3.58. The smallest absolute Gasteiger partial charge is 0.238 e. The van der Waals surface area contributed by atoms with E-state index in [9.17, 15) is 26.0 Å². The first kappa shape index (κ1) is 20.8. The quantitative estimate of drug-likeness (QED) is 0.379. The molecule has 152 valence electrons. The van der Waals surface area contributed by atoms with Crippen LogP contribution >= 0.6 is 0 Å². The Balaban J connectivity index is 2.50. The van der Waals surface area contributed by atoms with Crippen molar-refractivity contribution in [3.8, 4) is 28.0 Å². The van der Waals surface area contributed by atoms with E-state index in [2.05, 4.69) is 0 Å². The highest BCUT2D eigenvalue weighted by molar-refractivity contribution is 7.89. The van der Waals surface area contributed by atoms with E-state index >= 15 is 0 Å². The highest BCUT2D eigenvalue weighted by atomic mass is 32.2. The molecule has 3 aromatic carbocycles. The first-order chi connectivity index (χ1) is 13.6. The summed E-state index contributed by atoms with van der Waals surface area (Å²) in [6.45, 7) is 1.70. The second kappa shape index (κ2) is 7.49. The Morgan fingerprint density at radius 2 is 1.45 bits per heavy atom. The van der Waals surface area contributed by atoms with Crippen molar-refractivity contribution in [1.82, 2.24) is 0 Å². The Bertz CT molecular complexity index is 1230. The summed E-state index contributed by atoms with van der Waals surface area (Å²) in [6, 6.07) is 9.02. The molecule has 9 heteroatoms. The van der Waals surface area contributed by atoms with Crippen LogP contribution in [0.3, 0.4) is 0 Å². The zero-order valence-corrected chi connectivity index (χ0v) is 16.1. The number of hydrogen-bond acceptors (Lipinski definition) is 3. The van der Waals surface area contributed by atoms with Gasteiger partial charge in [-0.2, -0.15) is 0 Å². The summed E-state index contributed by atoms with van der Waals surface area (Å²) in [5.41, 5.74) is -1.21. The van der Waals surface area contributed by atoms with E-state index in [1.807, 2.05) is 0 Å². The molecular weight excluding hydrogens is 410 g/mol. The molecule has 3 rings (SSSR count). The van der Waals surface area contributed by atoms with Gasteiger partial charge in [-0.25, -0.2) is 31.1 Å². The average molecular weight is 425 g/mol. The minimum absolute atomic E-state index is 0.0398. The van der Waals surface area contributed by atoms with E-state index in [1.165, 1.54) is 37.4 Å². The number of aryl methyl sites for hydroxylation is 1. The molecule has 0 heterocycles. The molecule has 0 aliphatic heterocycles. The van der Waals surface area contributed by atoms with Gasteiger partial charge in [-0.1, -0.05) is 30.3 Å². The van der Waals surface area contributed by atoms with Gasteiger partial charge in [0.15, 0.2) is 23.3 Å². The van der Waals surface area contributed by atoms with Gasteiger partial charge in [-0.15, -0.1) is 0 Å². The Hall–Kier alpha value is -2.91. The maximum absolute atomic E-state index is 14.9. The molecule has 29 heavy (non-hydrogen) atoms. The van der Waals surface area contributed by atoms with Crippen LogP contribution in [0, 0.1) is 30.2 Å². The van der Waals surface area contributed by atoms with Gasteiger partial charge in [0.05, 0.1) is 12.0 Å². The molecule has 0 fully saturated rings. The van der Waals surface area contributed by atoms with Crippen LogP contribution in [0.15, 0.2) is 47.4 Å². The van der Waals surface area contributed by atoms with Crippen molar-refractivity contribution in [2.75, 3.05) is 7.11 Å². The number of sulfonamides is 1. The lowest BCUT2D eigenvalue weighted by molar-refractivity contribution is 0.410. The zero-order chi connectivity index (χ0) is 21.5. The highest BCUT2D eigenvalue weighted by Gasteiger charge is 2.30. The van der Waals surface area contributed by atoms with E-state index in [0.29, 0.717) is 5.56 Å². The van der Waals surface area contributed by atoms with E-state index in [0.717, 1.165) is 12.1 Å². The molecule has 0 saturated carbocycles. The lowest BCUT2D eigenvalue weighted by atomic mass is 9.92. The molecule has 0 aliphatic carbocycles. The summed E-state index contributed by atoms with van der Waals surface area (Å²) in [4.78, 5) is -0.565. The summed E-state index contributed by atoms with van der Waals surface area (Å²) in [5, 5.41) is 5.17. The first-order valence-corrected chi connectivity index (χ1v) is 9.75. The Morgan fingerprint density at radius 1 is 0.862 bits per heavy atom. The van der Waals surface area contributed by atoms with Gasteiger partial charge in [-0.05, 0) is 30.2 Å². The number of methoxy groups -OCH3 is 1. The third-order valence-corrected chi connectivity index (χ3v) is 5.40. The summed E-state index contributed by atoms with van der Waals surface area (Å²) in [6.07, 6.45) is 0. The van der Waals surface area contributed by atoms with Gasteiger partial charge in [0, 0.05) is 16.7 Å². The third-order valence-electron chi connectivity index (χ3n) is 4.43.